The fraction of sp³-hybridized carbons (Fsp3) is 0.375. The number of methoxy groups -OCH3 is 1. The summed E-state index contributed by atoms with van der Waals surface area (Å²) < 4.78 is 34.0. The third kappa shape index (κ3) is 5.59. The van der Waals surface area contributed by atoms with E-state index in [1.807, 2.05) is 0 Å². The summed E-state index contributed by atoms with van der Waals surface area (Å²) in [4.78, 5) is 7.18. The fourth-order valence-electron chi connectivity index (χ4n) is 3.96. The van der Waals surface area contributed by atoms with Crippen LogP contribution >= 0.6 is 27.3 Å². The monoisotopic (exact) mass is 549 g/mol. The predicted octanol–water partition coefficient (Wildman–Crippen LogP) is 4.97. The summed E-state index contributed by atoms with van der Waals surface area (Å²) >= 11 is 4.99. The average Bonchev–Trinajstić information content (AvgIpc) is 3.29. The van der Waals surface area contributed by atoms with Gasteiger partial charge >= 0.3 is 0 Å². The minimum Gasteiger partial charge on any atom is -0.495 e. The van der Waals surface area contributed by atoms with Crippen molar-refractivity contribution in [1.29, 1.82) is 0 Å². The average molecular weight is 551 g/mol. The van der Waals surface area contributed by atoms with E-state index in [1.54, 1.807) is 29.5 Å². The molecule has 2 aromatic carbocycles. The SMILES string of the molecule is CCCc1ccc(Cc2csc(N3CCN(S(=O)(=O)c4cc(Br)ccc4OC)CC3)n2)cc1. The maximum absolute atomic E-state index is 13.2. The molecule has 1 saturated heterocycles. The standard InChI is InChI=1S/C24H28BrN3O3S2/c1-3-4-18-5-7-19(8-6-18)15-21-17-32-24(26-21)27-11-13-28(14-12-27)33(29,30)23-16-20(25)9-10-22(23)31-2/h5-10,16-17H,3-4,11-15H2,1-2H3. The Morgan fingerprint density at radius 3 is 2.42 bits per heavy atom. The Morgan fingerprint density at radius 2 is 1.76 bits per heavy atom. The number of nitrogens with zero attached hydrogens (tertiary/aromatic N) is 3. The van der Waals surface area contributed by atoms with E-state index in [0.29, 0.717) is 36.4 Å². The quantitative estimate of drug-likeness (QED) is 0.397. The molecule has 3 aromatic rings. The van der Waals surface area contributed by atoms with Gasteiger partial charge in [-0.25, -0.2) is 13.4 Å². The van der Waals surface area contributed by atoms with E-state index >= 15 is 0 Å². The van der Waals surface area contributed by atoms with Crippen molar-refractivity contribution in [2.45, 2.75) is 31.1 Å². The molecule has 0 atom stereocenters. The highest BCUT2D eigenvalue weighted by atomic mass is 79.9. The molecule has 4 rings (SSSR count). The Bertz CT molecular complexity index is 1190. The number of ether oxygens (including phenoxy) is 1. The van der Waals surface area contributed by atoms with E-state index in [2.05, 4.69) is 57.4 Å². The first-order valence-corrected chi connectivity index (χ1v) is 14.1. The van der Waals surface area contributed by atoms with Gasteiger partial charge in [-0.2, -0.15) is 4.31 Å². The molecule has 9 heteroatoms. The van der Waals surface area contributed by atoms with Gasteiger partial charge in [0, 0.05) is 42.5 Å². The highest BCUT2D eigenvalue weighted by Crippen LogP contribution is 2.31. The van der Waals surface area contributed by atoms with Gasteiger partial charge in [-0.3, -0.25) is 0 Å². The minimum absolute atomic E-state index is 0.189. The van der Waals surface area contributed by atoms with E-state index < -0.39 is 10.0 Å². The molecule has 0 radical (unpaired) electrons. The van der Waals surface area contributed by atoms with Gasteiger partial charge in [0.25, 0.3) is 0 Å². The summed E-state index contributed by atoms with van der Waals surface area (Å²) in [6.45, 7) is 4.22. The molecule has 1 fully saturated rings. The number of anilines is 1. The number of halogens is 1. The van der Waals surface area contributed by atoms with E-state index in [4.69, 9.17) is 9.72 Å². The molecule has 0 amide bonds. The molecule has 0 N–H and O–H groups in total. The maximum atomic E-state index is 13.2. The van der Waals surface area contributed by atoms with Gasteiger partial charge < -0.3 is 9.64 Å². The minimum atomic E-state index is -3.64. The third-order valence-corrected chi connectivity index (χ3v) is 9.10. The zero-order valence-electron chi connectivity index (χ0n) is 18.8. The van der Waals surface area contributed by atoms with Crippen LogP contribution in [0.2, 0.25) is 0 Å². The van der Waals surface area contributed by atoms with Crippen LogP contribution in [-0.2, 0) is 22.9 Å². The van der Waals surface area contributed by atoms with Crippen molar-refractivity contribution in [1.82, 2.24) is 9.29 Å². The maximum Gasteiger partial charge on any atom is 0.246 e. The number of sulfonamides is 1. The summed E-state index contributed by atoms with van der Waals surface area (Å²) in [7, 11) is -2.16. The number of thiazole rings is 1. The lowest BCUT2D eigenvalue weighted by atomic mass is 10.1. The number of hydrogen-bond acceptors (Lipinski definition) is 6. The van der Waals surface area contributed by atoms with Crippen LogP contribution in [0.15, 0.2) is 57.2 Å². The second kappa shape index (κ2) is 10.5. The van der Waals surface area contributed by atoms with Crippen molar-refractivity contribution in [2.24, 2.45) is 0 Å². The number of rotatable bonds is 8. The number of aryl methyl sites for hydroxylation is 1. The zero-order chi connectivity index (χ0) is 23.4. The smallest absolute Gasteiger partial charge is 0.246 e. The highest BCUT2D eigenvalue weighted by Gasteiger charge is 2.31. The lowest BCUT2D eigenvalue weighted by Gasteiger charge is -2.34. The molecule has 6 nitrogen and oxygen atoms in total. The molecule has 0 unspecified atom stereocenters. The second-order valence-corrected chi connectivity index (χ2v) is 11.7. The van der Waals surface area contributed by atoms with Crippen LogP contribution in [0, 0.1) is 0 Å². The van der Waals surface area contributed by atoms with Crippen LogP contribution < -0.4 is 9.64 Å². The zero-order valence-corrected chi connectivity index (χ0v) is 22.0. The highest BCUT2D eigenvalue weighted by molar-refractivity contribution is 9.10. The predicted molar refractivity (Wildman–Crippen MR) is 137 cm³/mol. The molecular weight excluding hydrogens is 522 g/mol. The topological polar surface area (TPSA) is 62.7 Å². The molecule has 33 heavy (non-hydrogen) atoms. The second-order valence-electron chi connectivity index (χ2n) is 8.05. The molecule has 0 saturated carbocycles. The Kier molecular flexibility index (Phi) is 7.73. The summed E-state index contributed by atoms with van der Waals surface area (Å²) in [6.07, 6.45) is 3.07. The number of piperazine rings is 1. The van der Waals surface area contributed by atoms with E-state index in [9.17, 15) is 8.42 Å². The van der Waals surface area contributed by atoms with E-state index in [-0.39, 0.29) is 4.90 Å². The molecule has 2 heterocycles. The van der Waals surface area contributed by atoms with Gasteiger partial charge in [0.05, 0.1) is 12.8 Å². The van der Waals surface area contributed by atoms with Crippen LogP contribution in [0.1, 0.15) is 30.2 Å². The number of hydrogen-bond donors (Lipinski definition) is 0. The van der Waals surface area contributed by atoms with Gasteiger partial charge in [-0.15, -0.1) is 11.3 Å². The number of benzene rings is 2. The molecule has 1 aliphatic heterocycles. The van der Waals surface area contributed by atoms with Gasteiger partial charge in [0.2, 0.25) is 10.0 Å². The summed E-state index contributed by atoms with van der Waals surface area (Å²) in [5.41, 5.74) is 3.67. The van der Waals surface area contributed by atoms with Gasteiger partial charge in [0.15, 0.2) is 5.13 Å². The van der Waals surface area contributed by atoms with Crippen LogP contribution in [0.25, 0.3) is 0 Å². The van der Waals surface area contributed by atoms with E-state index in [1.165, 1.54) is 22.5 Å². The van der Waals surface area contributed by atoms with Gasteiger partial charge in [0.1, 0.15) is 10.6 Å². The van der Waals surface area contributed by atoms with Crippen molar-refractivity contribution < 1.29 is 13.2 Å². The van der Waals surface area contributed by atoms with Gasteiger partial charge in [-0.1, -0.05) is 53.5 Å². The largest absolute Gasteiger partial charge is 0.495 e. The Labute approximate surface area is 208 Å². The normalized spacial score (nSPS) is 15.1. The van der Waals surface area contributed by atoms with Crippen LogP contribution in [0.5, 0.6) is 5.75 Å². The van der Waals surface area contributed by atoms with Crippen molar-refractivity contribution in [3.63, 3.8) is 0 Å². The first-order chi connectivity index (χ1) is 15.9. The first-order valence-electron chi connectivity index (χ1n) is 11.0. The molecule has 0 aliphatic carbocycles. The van der Waals surface area contributed by atoms with Crippen molar-refractivity contribution in [2.75, 3.05) is 38.2 Å². The van der Waals surface area contributed by atoms with Crippen LogP contribution in [0.3, 0.4) is 0 Å². The van der Waals surface area contributed by atoms with Crippen LogP contribution in [-0.4, -0.2) is 51.0 Å². The molecular formula is C24H28BrN3O3S2. The summed E-state index contributed by atoms with van der Waals surface area (Å²) in [6, 6.07) is 13.8. The lowest BCUT2D eigenvalue weighted by molar-refractivity contribution is 0.374. The molecule has 176 valence electrons. The molecule has 1 aromatic heterocycles. The van der Waals surface area contributed by atoms with Crippen molar-refractivity contribution >= 4 is 42.4 Å². The number of aromatic nitrogens is 1. The first kappa shape index (κ1) is 24.2. The fourth-order valence-corrected chi connectivity index (χ4v) is 6.95. The van der Waals surface area contributed by atoms with Crippen LogP contribution in [0.4, 0.5) is 5.13 Å². The van der Waals surface area contributed by atoms with E-state index in [0.717, 1.165) is 30.1 Å². The van der Waals surface area contributed by atoms with Gasteiger partial charge in [-0.05, 0) is 35.7 Å². The summed E-state index contributed by atoms with van der Waals surface area (Å²) in [5.74, 6) is 0.355. The molecule has 1 aliphatic rings. The van der Waals surface area contributed by atoms with Crippen molar-refractivity contribution in [3.8, 4) is 5.75 Å². The lowest BCUT2D eigenvalue weighted by Crippen LogP contribution is -2.48. The Morgan fingerprint density at radius 1 is 1.06 bits per heavy atom. The third-order valence-electron chi connectivity index (χ3n) is 5.74. The Balaban J connectivity index is 1.39. The van der Waals surface area contributed by atoms with Crippen molar-refractivity contribution in [3.05, 3.63) is 69.1 Å². The summed E-state index contributed by atoms with van der Waals surface area (Å²) in [5, 5.41) is 3.05. The molecule has 0 bridgehead atoms. The molecule has 0 spiro atoms. The Hall–Kier alpha value is -1.94.